The minimum absolute atomic E-state index is 0.336. The Morgan fingerprint density at radius 2 is 1.90 bits per heavy atom. The van der Waals surface area contributed by atoms with Gasteiger partial charge < -0.3 is 5.32 Å². The number of thiazole rings is 1. The number of anilines is 2. The van der Waals surface area contributed by atoms with E-state index in [1.54, 1.807) is 24.5 Å². The summed E-state index contributed by atoms with van der Waals surface area (Å²) in [6.45, 7) is 0. The zero-order chi connectivity index (χ0) is 14.5. The molecule has 0 fully saturated rings. The standard InChI is InChI=1S/C15H12N4OS/c20-14(17-12-7-4-8-16-9-12)19-15-18-13(10-21-15)11-5-2-1-3-6-11/h1-10H,(H2,17,18,19,20). The van der Waals surface area contributed by atoms with Crippen molar-refractivity contribution in [1.29, 1.82) is 0 Å². The van der Waals surface area contributed by atoms with Gasteiger partial charge in [-0.2, -0.15) is 0 Å². The Morgan fingerprint density at radius 3 is 2.67 bits per heavy atom. The Labute approximate surface area is 125 Å². The molecule has 0 aliphatic carbocycles. The molecule has 6 heteroatoms. The normalized spacial score (nSPS) is 10.1. The van der Waals surface area contributed by atoms with E-state index in [1.165, 1.54) is 11.3 Å². The van der Waals surface area contributed by atoms with Crippen molar-refractivity contribution < 1.29 is 4.79 Å². The van der Waals surface area contributed by atoms with Gasteiger partial charge in [0.15, 0.2) is 5.13 Å². The van der Waals surface area contributed by atoms with E-state index in [4.69, 9.17) is 0 Å². The summed E-state index contributed by atoms with van der Waals surface area (Å²) in [6.07, 6.45) is 3.23. The molecule has 0 saturated heterocycles. The Bertz CT molecular complexity index is 728. The Balaban J connectivity index is 1.66. The smallest absolute Gasteiger partial charge is 0.306 e. The van der Waals surface area contributed by atoms with Crippen molar-refractivity contribution in [1.82, 2.24) is 9.97 Å². The third kappa shape index (κ3) is 3.43. The fourth-order valence-electron chi connectivity index (χ4n) is 1.77. The molecule has 2 heterocycles. The summed E-state index contributed by atoms with van der Waals surface area (Å²) in [5.41, 5.74) is 2.50. The summed E-state index contributed by atoms with van der Waals surface area (Å²) in [6, 6.07) is 13.0. The van der Waals surface area contributed by atoms with Gasteiger partial charge in [0.1, 0.15) is 0 Å². The summed E-state index contributed by atoms with van der Waals surface area (Å²) < 4.78 is 0. The van der Waals surface area contributed by atoms with Gasteiger partial charge in [-0.25, -0.2) is 9.78 Å². The molecular formula is C15H12N4OS. The fourth-order valence-corrected chi connectivity index (χ4v) is 2.48. The van der Waals surface area contributed by atoms with Crippen molar-refractivity contribution in [3.8, 4) is 11.3 Å². The van der Waals surface area contributed by atoms with Crippen molar-refractivity contribution in [2.45, 2.75) is 0 Å². The summed E-state index contributed by atoms with van der Waals surface area (Å²) in [5, 5.41) is 7.87. The van der Waals surface area contributed by atoms with Gasteiger partial charge in [-0.3, -0.25) is 10.3 Å². The van der Waals surface area contributed by atoms with E-state index in [0.717, 1.165) is 11.3 Å². The van der Waals surface area contributed by atoms with Crippen LogP contribution in [0.4, 0.5) is 15.6 Å². The van der Waals surface area contributed by atoms with Gasteiger partial charge in [0.25, 0.3) is 0 Å². The second-order valence-electron chi connectivity index (χ2n) is 4.22. The van der Waals surface area contributed by atoms with Gasteiger partial charge >= 0.3 is 6.03 Å². The van der Waals surface area contributed by atoms with E-state index in [9.17, 15) is 4.79 Å². The zero-order valence-electron chi connectivity index (χ0n) is 11.0. The van der Waals surface area contributed by atoms with Crippen molar-refractivity contribution in [2.75, 3.05) is 10.6 Å². The van der Waals surface area contributed by atoms with E-state index in [1.807, 2.05) is 35.7 Å². The molecule has 1 aromatic carbocycles. The quantitative estimate of drug-likeness (QED) is 0.771. The first-order valence-corrected chi connectivity index (χ1v) is 7.18. The van der Waals surface area contributed by atoms with Crippen LogP contribution in [-0.4, -0.2) is 16.0 Å². The number of carbonyl (C=O) groups excluding carboxylic acids is 1. The van der Waals surface area contributed by atoms with E-state index in [-0.39, 0.29) is 6.03 Å². The molecule has 2 aromatic heterocycles. The molecule has 104 valence electrons. The lowest BCUT2D eigenvalue weighted by Gasteiger charge is -2.04. The maximum atomic E-state index is 11.8. The van der Waals surface area contributed by atoms with Crippen molar-refractivity contribution in [3.63, 3.8) is 0 Å². The Hall–Kier alpha value is -2.73. The Kier molecular flexibility index (Phi) is 3.88. The van der Waals surface area contributed by atoms with E-state index in [2.05, 4.69) is 20.6 Å². The van der Waals surface area contributed by atoms with Crippen LogP contribution in [0.2, 0.25) is 0 Å². The van der Waals surface area contributed by atoms with Crippen LogP contribution in [0.3, 0.4) is 0 Å². The lowest BCUT2D eigenvalue weighted by atomic mass is 10.2. The van der Waals surface area contributed by atoms with Crippen LogP contribution < -0.4 is 10.6 Å². The van der Waals surface area contributed by atoms with Gasteiger partial charge in [-0.1, -0.05) is 30.3 Å². The highest BCUT2D eigenvalue weighted by Crippen LogP contribution is 2.24. The number of nitrogens with one attached hydrogen (secondary N) is 2. The van der Waals surface area contributed by atoms with Crippen molar-refractivity contribution >= 4 is 28.2 Å². The number of carbonyl (C=O) groups is 1. The third-order valence-corrected chi connectivity index (χ3v) is 3.47. The number of amides is 2. The van der Waals surface area contributed by atoms with Crippen LogP contribution >= 0.6 is 11.3 Å². The van der Waals surface area contributed by atoms with E-state index in [0.29, 0.717) is 10.8 Å². The Morgan fingerprint density at radius 1 is 1.05 bits per heavy atom. The van der Waals surface area contributed by atoms with E-state index < -0.39 is 0 Å². The number of hydrogen-bond acceptors (Lipinski definition) is 4. The second kappa shape index (κ2) is 6.15. The molecule has 0 atom stereocenters. The molecule has 0 unspecified atom stereocenters. The van der Waals surface area contributed by atoms with Crippen LogP contribution in [-0.2, 0) is 0 Å². The highest BCUT2D eigenvalue weighted by atomic mass is 32.1. The molecule has 2 amide bonds. The molecule has 0 aliphatic heterocycles. The molecular weight excluding hydrogens is 284 g/mol. The number of rotatable bonds is 3. The average Bonchev–Trinajstić information content (AvgIpc) is 2.97. The SMILES string of the molecule is O=C(Nc1cccnc1)Nc1nc(-c2ccccc2)cs1. The summed E-state index contributed by atoms with van der Waals surface area (Å²) in [7, 11) is 0. The fraction of sp³-hybridized carbons (Fsp3) is 0. The van der Waals surface area contributed by atoms with Gasteiger partial charge in [0.05, 0.1) is 17.6 Å². The van der Waals surface area contributed by atoms with Gasteiger partial charge in [0.2, 0.25) is 0 Å². The average molecular weight is 296 g/mol. The van der Waals surface area contributed by atoms with E-state index >= 15 is 0 Å². The highest BCUT2D eigenvalue weighted by molar-refractivity contribution is 7.14. The maximum Gasteiger partial charge on any atom is 0.325 e. The van der Waals surface area contributed by atoms with Gasteiger partial charge in [0, 0.05) is 17.1 Å². The van der Waals surface area contributed by atoms with Crippen molar-refractivity contribution in [2.24, 2.45) is 0 Å². The molecule has 0 saturated carbocycles. The number of urea groups is 1. The monoisotopic (exact) mass is 296 g/mol. The first-order valence-electron chi connectivity index (χ1n) is 6.30. The molecule has 5 nitrogen and oxygen atoms in total. The number of nitrogens with zero attached hydrogens (tertiary/aromatic N) is 2. The first kappa shape index (κ1) is 13.3. The molecule has 0 bridgehead atoms. The first-order chi connectivity index (χ1) is 10.3. The molecule has 0 radical (unpaired) electrons. The third-order valence-electron chi connectivity index (χ3n) is 2.71. The number of benzene rings is 1. The number of aromatic nitrogens is 2. The highest BCUT2D eigenvalue weighted by Gasteiger charge is 2.07. The number of hydrogen-bond donors (Lipinski definition) is 2. The predicted octanol–water partition coefficient (Wildman–Crippen LogP) is 3.85. The van der Waals surface area contributed by atoms with Crippen LogP contribution in [0.5, 0.6) is 0 Å². The molecule has 3 rings (SSSR count). The van der Waals surface area contributed by atoms with Crippen LogP contribution in [0.1, 0.15) is 0 Å². The maximum absolute atomic E-state index is 11.8. The largest absolute Gasteiger partial charge is 0.325 e. The predicted molar refractivity (Wildman–Crippen MR) is 84.4 cm³/mol. The minimum atomic E-state index is -0.336. The zero-order valence-corrected chi connectivity index (χ0v) is 11.8. The molecule has 3 aromatic rings. The summed E-state index contributed by atoms with van der Waals surface area (Å²) in [5.74, 6) is 0. The number of pyridine rings is 1. The topological polar surface area (TPSA) is 66.9 Å². The summed E-state index contributed by atoms with van der Waals surface area (Å²) >= 11 is 1.38. The van der Waals surface area contributed by atoms with Gasteiger partial charge in [-0.05, 0) is 12.1 Å². The van der Waals surface area contributed by atoms with Crippen LogP contribution in [0.25, 0.3) is 11.3 Å². The second-order valence-corrected chi connectivity index (χ2v) is 5.08. The summed E-state index contributed by atoms with van der Waals surface area (Å²) in [4.78, 5) is 20.2. The molecule has 2 N–H and O–H groups in total. The van der Waals surface area contributed by atoms with Crippen LogP contribution in [0, 0.1) is 0 Å². The molecule has 0 spiro atoms. The van der Waals surface area contributed by atoms with Crippen molar-refractivity contribution in [3.05, 3.63) is 60.2 Å². The minimum Gasteiger partial charge on any atom is -0.306 e. The van der Waals surface area contributed by atoms with Crippen LogP contribution in [0.15, 0.2) is 60.2 Å². The lowest BCUT2D eigenvalue weighted by molar-refractivity contribution is 0.262. The lowest BCUT2D eigenvalue weighted by Crippen LogP contribution is -2.19. The van der Waals surface area contributed by atoms with Gasteiger partial charge in [-0.15, -0.1) is 11.3 Å². The molecule has 21 heavy (non-hydrogen) atoms. The molecule has 0 aliphatic rings.